The molecule has 1 amide bonds. The zero-order valence-electron chi connectivity index (χ0n) is 10.7. The molecule has 1 heterocycles. The van der Waals surface area contributed by atoms with Crippen molar-refractivity contribution in [3.05, 3.63) is 46.1 Å². The quantitative estimate of drug-likeness (QED) is 0.806. The Bertz CT molecular complexity index is 589. The molecule has 0 saturated carbocycles. The molecule has 0 aliphatic rings. The average Bonchev–Trinajstić information content (AvgIpc) is 2.69. The lowest BCUT2D eigenvalue weighted by atomic mass is 10.1. The number of nitrogens with zero attached hydrogens (tertiary/aromatic N) is 1. The summed E-state index contributed by atoms with van der Waals surface area (Å²) in [6.07, 6.45) is 0. The van der Waals surface area contributed by atoms with E-state index < -0.39 is 0 Å². The molecule has 0 spiro atoms. The van der Waals surface area contributed by atoms with Crippen molar-refractivity contribution in [1.29, 1.82) is 0 Å². The Morgan fingerprint density at radius 2 is 2.26 bits per heavy atom. The van der Waals surface area contributed by atoms with Gasteiger partial charge in [-0.15, -0.1) is 0 Å². The Balaban J connectivity index is 2.15. The molecule has 0 fully saturated rings. The summed E-state index contributed by atoms with van der Waals surface area (Å²) in [7, 11) is 0. The van der Waals surface area contributed by atoms with Crippen molar-refractivity contribution in [2.45, 2.75) is 19.9 Å². The van der Waals surface area contributed by atoms with Gasteiger partial charge in [-0.25, -0.2) is 0 Å². The van der Waals surface area contributed by atoms with E-state index in [1.54, 1.807) is 13.0 Å². The number of benzene rings is 1. The fraction of sp³-hybridized carbons (Fsp3) is 0.231. The number of carbonyl (C=O) groups excluding carboxylic acids is 1. The van der Waals surface area contributed by atoms with Gasteiger partial charge in [-0.2, -0.15) is 5.10 Å². The maximum absolute atomic E-state index is 12.1. The van der Waals surface area contributed by atoms with Gasteiger partial charge < -0.3 is 11.1 Å². The van der Waals surface area contributed by atoms with Gasteiger partial charge in [-0.3, -0.25) is 9.89 Å². The van der Waals surface area contributed by atoms with Crippen molar-refractivity contribution in [3.8, 4) is 0 Å². The van der Waals surface area contributed by atoms with Gasteiger partial charge >= 0.3 is 0 Å². The van der Waals surface area contributed by atoms with Crippen LogP contribution in [0.15, 0.2) is 24.3 Å². The number of carbonyl (C=O) groups is 1. The summed E-state index contributed by atoms with van der Waals surface area (Å²) in [6.45, 7) is 3.64. The van der Waals surface area contributed by atoms with Crippen molar-refractivity contribution in [2.24, 2.45) is 0 Å². The lowest BCUT2D eigenvalue weighted by Gasteiger charge is -2.14. The summed E-state index contributed by atoms with van der Waals surface area (Å²) < 4.78 is 0. The van der Waals surface area contributed by atoms with Gasteiger partial charge in [0.05, 0.1) is 6.04 Å². The highest BCUT2D eigenvalue weighted by atomic mass is 35.5. The Hall–Kier alpha value is -2.01. The van der Waals surface area contributed by atoms with Gasteiger partial charge in [-0.05, 0) is 31.5 Å². The largest absolute Gasteiger partial charge is 0.382 e. The lowest BCUT2D eigenvalue weighted by molar-refractivity contribution is 0.0940. The number of hydrogen-bond acceptors (Lipinski definition) is 3. The number of nitrogens with two attached hydrogens (primary N) is 1. The molecule has 1 aromatic carbocycles. The minimum absolute atomic E-state index is 0.167. The number of rotatable bonds is 3. The number of hydrogen-bond donors (Lipinski definition) is 3. The van der Waals surface area contributed by atoms with Gasteiger partial charge in [-0.1, -0.05) is 23.7 Å². The van der Waals surface area contributed by atoms with Crippen molar-refractivity contribution >= 4 is 23.3 Å². The van der Waals surface area contributed by atoms with Gasteiger partial charge in [0.1, 0.15) is 5.56 Å². The zero-order chi connectivity index (χ0) is 14.0. The SMILES string of the molecule is Cc1[nH]nc(N)c1C(=O)NC(C)c1cccc(Cl)c1. The molecule has 100 valence electrons. The fourth-order valence-corrected chi connectivity index (χ4v) is 2.06. The molecule has 1 atom stereocenters. The number of nitrogen functional groups attached to an aromatic ring is 1. The molecule has 0 saturated heterocycles. The lowest BCUT2D eigenvalue weighted by Crippen LogP contribution is -2.27. The van der Waals surface area contributed by atoms with E-state index in [1.165, 1.54) is 0 Å². The molecule has 5 nitrogen and oxygen atoms in total. The van der Waals surface area contributed by atoms with Gasteiger partial charge in [0.25, 0.3) is 5.91 Å². The average molecular weight is 279 g/mol. The predicted molar refractivity (Wildman–Crippen MR) is 75.1 cm³/mol. The molecule has 4 N–H and O–H groups in total. The second-order valence-electron chi connectivity index (χ2n) is 4.36. The summed E-state index contributed by atoms with van der Waals surface area (Å²) in [5, 5.41) is 9.99. The Morgan fingerprint density at radius 3 is 2.84 bits per heavy atom. The van der Waals surface area contributed by atoms with Crippen LogP contribution in [-0.4, -0.2) is 16.1 Å². The van der Waals surface area contributed by atoms with E-state index in [-0.39, 0.29) is 17.8 Å². The van der Waals surface area contributed by atoms with Crippen LogP contribution in [0.25, 0.3) is 0 Å². The first-order valence-corrected chi connectivity index (χ1v) is 6.23. The first-order chi connectivity index (χ1) is 8.99. The normalized spacial score (nSPS) is 12.2. The Morgan fingerprint density at radius 1 is 1.53 bits per heavy atom. The van der Waals surface area contributed by atoms with Crippen LogP contribution in [0.5, 0.6) is 0 Å². The maximum atomic E-state index is 12.1. The van der Waals surface area contributed by atoms with E-state index in [1.807, 2.05) is 25.1 Å². The van der Waals surface area contributed by atoms with Crippen LogP contribution in [0.3, 0.4) is 0 Å². The first kappa shape index (κ1) is 13.4. The number of H-pyrrole nitrogens is 1. The van der Waals surface area contributed by atoms with E-state index in [0.717, 1.165) is 5.56 Å². The Kier molecular flexibility index (Phi) is 3.76. The molecule has 6 heteroatoms. The number of amides is 1. The summed E-state index contributed by atoms with van der Waals surface area (Å²) in [5.41, 5.74) is 7.62. The molecular weight excluding hydrogens is 264 g/mol. The molecule has 19 heavy (non-hydrogen) atoms. The van der Waals surface area contributed by atoms with Crippen LogP contribution in [0, 0.1) is 6.92 Å². The summed E-state index contributed by atoms with van der Waals surface area (Å²) >= 11 is 5.93. The highest BCUT2D eigenvalue weighted by Crippen LogP contribution is 2.19. The first-order valence-electron chi connectivity index (χ1n) is 5.86. The van der Waals surface area contributed by atoms with Crippen LogP contribution < -0.4 is 11.1 Å². The van der Waals surface area contributed by atoms with Gasteiger partial charge in [0.15, 0.2) is 5.82 Å². The molecule has 2 aromatic rings. The van der Waals surface area contributed by atoms with Crippen molar-refractivity contribution < 1.29 is 4.79 Å². The Labute approximate surface area is 116 Å². The minimum atomic E-state index is -0.253. The molecule has 2 rings (SSSR count). The van der Waals surface area contributed by atoms with E-state index in [2.05, 4.69) is 15.5 Å². The molecule has 0 radical (unpaired) electrons. The van der Waals surface area contributed by atoms with Crippen LogP contribution in [0.2, 0.25) is 5.02 Å². The highest BCUT2D eigenvalue weighted by molar-refractivity contribution is 6.30. The third-order valence-corrected chi connectivity index (χ3v) is 3.13. The predicted octanol–water partition coefficient (Wildman–Crippen LogP) is 2.44. The molecular formula is C13H15ClN4O. The van der Waals surface area contributed by atoms with E-state index in [0.29, 0.717) is 16.3 Å². The third-order valence-electron chi connectivity index (χ3n) is 2.90. The molecule has 0 bridgehead atoms. The highest BCUT2D eigenvalue weighted by Gasteiger charge is 2.18. The van der Waals surface area contributed by atoms with E-state index in [4.69, 9.17) is 17.3 Å². The van der Waals surface area contributed by atoms with Crippen LogP contribution in [0.4, 0.5) is 5.82 Å². The van der Waals surface area contributed by atoms with E-state index >= 15 is 0 Å². The molecule has 0 aliphatic carbocycles. The second kappa shape index (κ2) is 5.32. The number of aromatic amines is 1. The van der Waals surface area contributed by atoms with Crippen LogP contribution in [0.1, 0.15) is 34.6 Å². The third kappa shape index (κ3) is 2.88. The minimum Gasteiger partial charge on any atom is -0.382 e. The molecule has 1 aromatic heterocycles. The van der Waals surface area contributed by atoms with Crippen molar-refractivity contribution in [1.82, 2.24) is 15.5 Å². The number of anilines is 1. The second-order valence-corrected chi connectivity index (χ2v) is 4.80. The fourth-order valence-electron chi connectivity index (χ4n) is 1.86. The summed E-state index contributed by atoms with van der Waals surface area (Å²) in [6, 6.07) is 7.19. The molecule has 1 unspecified atom stereocenters. The number of aryl methyl sites for hydroxylation is 1. The number of nitrogens with one attached hydrogen (secondary N) is 2. The summed E-state index contributed by atoms with van der Waals surface area (Å²) in [5.74, 6) is -0.0514. The van der Waals surface area contributed by atoms with Crippen molar-refractivity contribution in [3.63, 3.8) is 0 Å². The van der Waals surface area contributed by atoms with Gasteiger partial charge in [0, 0.05) is 10.7 Å². The number of halogens is 1. The monoisotopic (exact) mass is 278 g/mol. The topological polar surface area (TPSA) is 83.8 Å². The van der Waals surface area contributed by atoms with E-state index in [9.17, 15) is 4.79 Å². The van der Waals surface area contributed by atoms with Crippen molar-refractivity contribution in [2.75, 3.05) is 5.73 Å². The van der Waals surface area contributed by atoms with Crippen LogP contribution in [-0.2, 0) is 0 Å². The van der Waals surface area contributed by atoms with Crippen LogP contribution >= 0.6 is 11.6 Å². The number of aromatic nitrogens is 2. The van der Waals surface area contributed by atoms with Gasteiger partial charge in [0.2, 0.25) is 0 Å². The molecule has 0 aliphatic heterocycles. The summed E-state index contributed by atoms with van der Waals surface area (Å²) in [4.78, 5) is 12.1. The standard InChI is InChI=1S/C13H15ClN4O/c1-7(9-4-3-5-10(14)6-9)16-13(19)11-8(2)17-18-12(11)15/h3-7H,1-2H3,(H,16,19)(H3,15,17,18). The smallest absolute Gasteiger partial charge is 0.257 e. The zero-order valence-corrected chi connectivity index (χ0v) is 11.5. The maximum Gasteiger partial charge on any atom is 0.257 e.